The number of pyridine rings is 1. The Morgan fingerprint density at radius 1 is 0.324 bits per heavy atom. The topological polar surface area (TPSA) is 56.5 Å². The van der Waals surface area contributed by atoms with Crippen LogP contribution in [0.25, 0.3) is 126 Å². The normalized spacial score (nSPS) is 11.5. The third-order valence-corrected chi connectivity index (χ3v) is 14.0. The third-order valence-electron chi connectivity index (χ3n) is 12.9. The highest BCUT2D eigenvalue weighted by Crippen LogP contribution is 2.46. The number of hydrogen-bond donors (Lipinski definition) is 0. The van der Waals surface area contributed by atoms with E-state index in [1.54, 1.807) is 0 Å². The molecule has 0 saturated heterocycles. The molecular formula is C62H39N5S. The average Bonchev–Trinajstić information content (AvgIpc) is 3.95. The molecule has 0 fully saturated rings. The molecule has 4 aromatic heterocycles. The van der Waals surface area contributed by atoms with Crippen LogP contribution in [0.15, 0.2) is 237 Å². The fourth-order valence-corrected chi connectivity index (χ4v) is 10.9. The third kappa shape index (κ3) is 6.86. The van der Waals surface area contributed by atoms with E-state index in [0.29, 0.717) is 17.5 Å². The van der Waals surface area contributed by atoms with Gasteiger partial charge >= 0.3 is 0 Å². The molecule has 4 heterocycles. The van der Waals surface area contributed by atoms with Gasteiger partial charge in [0.25, 0.3) is 0 Å². The number of aromatic nitrogens is 5. The second-order valence-electron chi connectivity index (χ2n) is 17.0. The van der Waals surface area contributed by atoms with Crippen LogP contribution in [0.4, 0.5) is 0 Å². The Hall–Kier alpha value is -8.84. The number of benzene rings is 9. The van der Waals surface area contributed by atoms with E-state index in [4.69, 9.17) is 19.9 Å². The fourth-order valence-electron chi connectivity index (χ4n) is 9.73. The van der Waals surface area contributed by atoms with Crippen molar-refractivity contribution >= 4 is 53.3 Å². The summed E-state index contributed by atoms with van der Waals surface area (Å²) in [5.41, 5.74) is 14.4. The van der Waals surface area contributed by atoms with Gasteiger partial charge in [-0.2, -0.15) is 0 Å². The van der Waals surface area contributed by atoms with Gasteiger partial charge in [-0.1, -0.05) is 182 Å². The maximum absolute atomic E-state index is 5.54. The van der Waals surface area contributed by atoms with Gasteiger partial charge in [-0.25, -0.2) is 15.0 Å². The van der Waals surface area contributed by atoms with Gasteiger partial charge in [0, 0.05) is 70.6 Å². The first-order valence-electron chi connectivity index (χ1n) is 22.8. The minimum absolute atomic E-state index is 0.547. The zero-order valence-electron chi connectivity index (χ0n) is 36.7. The molecule has 0 bridgehead atoms. The van der Waals surface area contributed by atoms with Crippen LogP contribution in [0.1, 0.15) is 0 Å². The van der Waals surface area contributed by atoms with E-state index in [1.807, 2.05) is 53.9 Å². The summed E-state index contributed by atoms with van der Waals surface area (Å²) in [6.45, 7) is 0. The van der Waals surface area contributed by atoms with Crippen molar-refractivity contribution in [2.45, 2.75) is 0 Å². The summed E-state index contributed by atoms with van der Waals surface area (Å²) in [5, 5.41) is 4.79. The van der Waals surface area contributed by atoms with Crippen LogP contribution in [-0.2, 0) is 0 Å². The first-order chi connectivity index (χ1) is 33.7. The Bertz CT molecular complexity index is 3940. The molecule has 68 heavy (non-hydrogen) atoms. The van der Waals surface area contributed by atoms with E-state index in [2.05, 4.69) is 199 Å². The van der Waals surface area contributed by atoms with Gasteiger partial charge in [-0.15, -0.1) is 11.3 Å². The van der Waals surface area contributed by atoms with Crippen LogP contribution < -0.4 is 0 Å². The van der Waals surface area contributed by atoms with Crippen molar-refractivity contribution in [3.05, 3.63) is 237 Å². The van der Waals surface area contributed by atoms with Gasteiger partial charge in [-0.05, 0) is 76.3 Å². The summed E-state index contributed by atoms with van der Waals surface area (Å²) in [7, 11) is 0. The molecule has 0 N–H and O–H groups in total. The van der Waals surface area contributed by atoms with Crippen LogP contribution in [0, 0.1) is 0 Å². The van der Waals surface area contributed by atoms with E-state index < -0.39 is 0 Å². The Morgan fingerprint density at radius 2 is 0.912 bits per heavy atom. The number of fused-ring (bicyclic) bond motifs is 6. The quantitative estimate of drug-likeness (QED) is 0.153. The van der Waals surface area contributed by atoms with Crippen LogP contribution in [0.2, 0.25) is 0 Å². The zero-order chi connectivity index (χ0) is 45.0. The number of rotatable bonds is 8. The van der Waals surface area contributed by atoms with Crippen LogP contribution in [0.3, 0.4) is 0 Å². The summed E-state index contributed by atoms with van der Waals surface area (Å²) in [6.07, 6.45) is 2.03. The minimum atomic E-state index is 0.547. The molecule has 0 saturated carbocycles. The summed E-state index contributed by atoms with van der Waals surface area (Å²) in [6, 6.07) is 81.2. The van der Waals surface area contributed by atoms with Crippen LogP contribution >= 0.6 is 11.3 Å². The van der Waals surface area contributed by atoms with E-state index >= 15 is 0 Å². The minimum Gasteiger partial charge on any atom is -0.309 e. The number of nitrogens with zero attached hydrogens (tertiary/aromatic N) is 5. The van der Waals surface area contributed by atoms with Crippen LogP contribution in [0.5, 0.6) is 0 Å². The summed E-state index contributed by atoms with van der Waals surface area (Å²) in [5.74, 6) is 1.74. The van der Waals surface area contributed by atoms with Gasteiger partial charge in [-0.3, -0.25) is 4.98 Å². The molecule has 9 aromatic carbocycles. The van der Waals surface area contributed by atoms with Crippen molar-refractivity contribution in [3.63, 3.8) is 0 Å². The fraction of sp³-hybridized carbons (Fsp3) is 0. The Balaban J connectivity index is 1.10. The predicted octanol–water partition coefficient (Wildman–Crippen LogP) is 16.4. The molecule has 0 amide bonds. The van der Waals surface area contributed by atoms with Gasteiger partial charge in [0.15, 0.2) is 17.5 Å². The summed E-state index contributed by atoms with van der Waals surface area (Å²) < 4.78 is 4.80. The molecule has 5 nitrogen and oxygen atoms in total. The van der Waals surface area contributed by atoms with Crippen molar-refractivity contribution in [2.24, 2.45) is 0 Å². The van der Waals surface area contributed by atoms with Crippen LogP contribution in [-0.4, -0.2) is 24.5 Å². The molecule has 0 spiro atoms. The van der Waals surface area contributed by atoms with Gasteiger partial charge in [0.05, 0.1) is 16.7 Å². The van der Waals surface area contributed by atoms with Gasteiger partial charge in [0.2, 0.25) is 0 Å². The lowest BCUT2D eigenvalue weighted by Gasteiger charge is -2.17. The second-order valence-corrected chi connectivity index (χ2v) is 18.1. The molecule has 0 radical (unpaired) electrons. The second kappa shape index (κ2) is 16.5. The van der Waals surface area contributed by atoms with Gasteiger partial charge < -0.3 is 4.57 Å². The lowest BCUT2D eigenvalue weighted by Crippen LogP contribution is -2.02. The highest BCUT2D eigenvalue weighted by atomic mass is 32.1. The first kappa shape index (κ1) is 39.5. The summed E-state index contributed by atoms with van der Waals surface area (Å²) >= 11 is 1.82. The summed E-state index contributed by atoms with van der Waals surface area (Å²) in [4.78, 5) is 21.3. The van der Waals surface area contributed by atoms with Crippen molar-refractivity contribution in [1.82, 2.24) is 24.5 Å². The lowest BCUT2D eigenvalue weighted by atomic mass is 9.90. The SMILES string of the molecule is c1ccc(-c2ccc(-c3ccccc3)c(-c3cnc(-c4cccc5sc6cc7c8ccccc8n(-c8ccccc8)c7cc6c45)c(-c4nc(-c5ccccc5)nc(-c5ccccc5)n4)c3)c2)cc1. The van der Waals surface area contributed by atoms with Crippen molar-refractivity contribution in [1.29, 1.82) is 0 Å². The standard InChI is InChI=1S/C62H39N5S/c1-6-19-40(20-7-1)44-33-34-47(41-21-8-2-9-22-41)50(35-44)45-36-53(62-65-60(42-23-10-3-11-24-42)64-61(66-62)43-25-12-4-13-26-43)59(63-39-45)49-30-18-32-56-58(49)52-37-55-51(38-57(52)68-56)48-29-16-17-31-54(48)67(55)46-27-14-5-15-28-46/h1-39H. The number of hydrogen-bond acceptors (Lipinski definition) is 5. The Labute approximate surface area is 397 Å². The van der Waals surface area contributed by atoms with Gasteiger partial charge in [0.1, 0.15) is 0 Å². The first-order valence-corrected chi connectivity index (χ1v) is 23.6. The molecule has 13 aromatic rings. The monoisotopic (exact) mass is 885 g/mol. The molecular weight excluding hydrogens is 847 g/mol. The van der Waals surface area contributed by atoms with Crippen molar-refractivity contribution in [2.75, 3.05) is 0 Å². The smallest absolute Gasteiger partial charge is 0.166 e. The molecule has 6 heteroatoms. The molecule has 0 aliphatic carbocycles. The Kier molecular flexibility index (Phi) is 9.62. The van der Waals surface area contributed by atoms with E-state index in [9.17, 15) is 0 Å². The van der Waals surface area contributed by atoms with Crippen molar-refractivity contribution in [3.8, 4) is 84.5 Å². The molecule has 0 unspecified atom stereocenters. The average molecular weight is 886 g/mol. The van der Waals surface area contributed by atoms with E-state index in [0.717, 1.165) is 77.9 Å². The molecule has 318 valence electrons. The number of thiophene rings is 1. The van der Waals surface area contributed by atoms with Crippen molar-refractivity contribution < 1.29 is 0 Å². The number of para-hydroxylation sites is 2. The maximum Gasteiger partial charge on any atom is 0.166 e. The molecule has 13 rings (SSSR count). The lowest BCUT2D eigenvalue weighted by molar-refractivity contribution is 1.07. The molecule has 0 atom stereocenters. The highest BCUT2D eigenvalue weighted by Gasteiger charge is 2.23. The molecule has 0 aliphatic heterocycles. The Morgan fingerprint density at radius 3 is 1.60 bits per heavy atom. The van der Waals surface area contributed by atoms with E-state index in [1.165, 1.54) is 31.1 Å². The molecule has 0 aliphatic rings. The van der Waals surface area contributed by atoms with E-state index in [-0.39, 0.29) is 0 Å². The largest absolute Gasteiger partial charge is 0.309 e. The highest BCUT2D eigenvalue weighted by molar-refractivity contribution is 7.26. The zero-order valence-corrected chi connectivity index (χ0v) is 37.5. The predicted molar refractivity (Wildman–Crippen MR) is 283 cm³/mol. The maximum atomic E-state index is 5.54.